The van der Waals surface area contributed by atoms with Gasteiger partial charge in [-0.3, -0.25) is 14.6 Å². The van der Waals surface area contributed by atoms with E-state index >= 15 is 0 Å². The van der Waals surface area contributed by atoms with Crippen molar-refractivity contribution in [2.75, 3.05) is 45.8 Å². The number of benzene rings is 1. The molecule has 3 N–H and O–H groups in total. The average Bonchev–Trinajstić information content (AvgIpc) is 2.85. The molecule has 0 bridgehead atoms. The summed E-state index contributed by atoms with van der Waals surface area (Å²) >= 11 is 0. The molecule has 0 spiro atoms. The molecule has 8 nitrogen and oxygen atoms in total. The third-order valence-corrected chi connectivity index (χ3v) is 7.53. The van der Waals surface area contributed by atoms with Crippen LogP contribution in [0, 0.1) is 0 Å². The van der Waals surface area contributed by atoms with Gasteiger partial charge in [0, 0.05) is 50.8 Å². The van der Waals surface area contributed by atoms with Gasteiger partial charge in [-0.1, -0.05) is 30.3 Å². The van der Waals surface area contributed by atoms with Gasteiger partial charge in [0.25, 0.3) is 0 Å². The molecule has 3 fully saturated rings. The topological polar surface area (TPSA) is 88.1 Å². The van der Waals surface area contributed by atoms with Gasteiger partial charge in [-0.05, 0) is 57.2 Å². The van der Waals surface area contributed by atoms with Crippen molar-refractivity contribution in [3.8, 4) is 0 Å². The van der Waals surface area contributed by atoms with Crippen LogP contribution in [0.4, 0.5) is 4.79 Å². The van der Waals surface area contributed by atoms with Crippen LogP contribution in [0.15, 0.2) is 30.3 Å². The summed E-state index contributed by atoms with van der Waals surface area (Å²) in [5.41, 5.74) is 1.14. The van der Waals surface area contributed by atoms with Crippen LogP contribution in [-0.2, 0) is 11.3 Å². The van der Waals surface area contributed by atoms with E-state index in [0.29, 0.717) is 12.6 Å². The van der Waals surface area contributed by atoms with Crippen LogP contribution in [0.25, 0.3) is 0 Å². The van der Waals surface area contributed by atoms with E-state index in [2.05, 4.69) is 20.4 Å². The summed E-state index contributed by atoms with van der Waals surface area (Å²) in [6, 6.07) is 11.2. The first-order valence-corrected chi connectivity index (χ1v) is 12.6. The Kier molecular flexibility index (Phi) is 15.0. The van der Waals surface area contributed by atoms with Gasteiger partial charge in [-0.2, -0.15) is 0 Å². The number of carbonyl (C=O) groups is 2. The largest absolute Gasteiger partial charge is 0.480 e. The number of nitrogens with zero attached hydrogens (tertiary/aromatic N) is 3. The molecule has 1 aromatic carbocycles. The number of carboxylic acids is 1. The van der Waals surface area contributed by atoms with Gasteiger partial charge in [-0.25, -0.2) is 4.79 Å². The predicted molar refractivity (Wildman–Crippen MR) is 150 cm³/mol. The number of rotatable bonds is 7. The molecule has 11 heteroatoms. The zero-order chi connectivity index (χ0) is 23.0. The number of amides is 2. The van der Waals surface area contributed by atoms with E-state index in [9.17, 15) is 14.7 Å². The highest BCUT2D eigenvalue weighted by Gasteiger charge is 2.31. The number of piperidine rings is 1. The summed E-state index contributed by atoms with van der Waals surface area (Å²) in [4.78, 5) is 30.9. The second kappa shape index (κ2) is 16.5. The van der Waals surface area contributed by atoms with Crippen molar-refractivity contribution in [3.63, 3.8) is 0 Å². The summed E-state index contributed by atoms with van der Waals surface area (Å²) in [7, 11) is 0. The van der Waals surface area contributed by atoms with E-state index in [4.69, 9.17) is 0 Å². The number of carbonyl (C=O) groups excluding carboxylic acids is 1. The lowest BCUT2D eigenvalue weighted by atomic mass is 9.90. The lowest BCUT2D eigenvalue weighted by Crippen LogP contribution is -2.57. The molecular formula is C25H42Cl3N5O3. The van der Waals surface area contributed by atoms with Crippen molar-refractivity contribution in [1.29, 1.82) is 0 Å². The van der Waals surface area contributed by atoms with Gasteiger partial charge in [0.05, 0.1) is 6.54 Å². The van der Waals surface area contributed by atoms with E-state index in [1.165, 1.54) is 12.8 Å². The van der Waals surface area contributed by atoms with Gasteiger partial charge in [0.2, 0.25) is 0 Å². The lowest BCUT2D eigenvalue weighted by molar-refractivity contribution is -0.139. The maximum Gasteiger partial charge on any atom is 0.317 e. The first-order chi connectivity index (χ1) is 16.1. The van der Waals surface area contributed by atoms with Gasteiger partial charge >= 0.3 is 12.0 Å². The van der Waals surface area contributed by atoms with Crippen molar-refractivity contribution < 1.29 is 14.7 Å². The fraction of sp³-hybridized carbons (Fsp3) is 0.680. The normalized spacial score (nSPS) is 23.1. The molecule has 1 saturated carbocycles. The number of piperazine rings is 1. The Morgan fingerprint density at radius 3 is 2.11 bits per heavy atom. The zero-order valence-corrected chi connectivity index (χ0v) is 23.3. The van der Waals surface area contributed by atoms with Crippen LogP contribution in [0.5, 0.6) is 0 Å². The number of halogens is 3. The summed E-state index contributed by atoms with van der Waals surface area (Å²) in [5, 5.41) is 16.1. The molecule has 2 aliphatic heterocycles. The Labute approximate surface area is 233 Å². The summed E-state index contributed by atoms with van der Waals surface area (Å²) in [5.74, 6) is -0.787. The summed E-state index contributed by atoms with van der Waals surface area (Å²) < 4.78 is 0. The minimum atomic E-state index is -0.787. The maximum absolute atomic E-state index is 12.8. The molecule has 36 heavy (non-hydrogen) atoms. The first kappa shape index (κ1) is 32.7. The van der Waals surface area contributed by atoms with Gasteiger partial charge < -0.3 is 20.6 Å². The molecule has 206 valence electrons. The highest BCUT2D eigenvalue weighted by molar-refractivity contribution is 5.86. The lowest BCUT2D eigenvalue weighted by Gasteiger charge is -2.41. The number of urea groups is 1. The number of carboxylic acid groups (broad SMARTS) is 1. The van der Waals surface area contributed by atoms with Crippen LogP contribution >= 0.6 is 37.2 Å². The fourth-order valence-corrected chi connectivity index (χ4v) is 5.62. The Morgan fingerprint density at radius 1 is 0.917 bits per heavy atom. The minimum Gasteiger partial charge on any atom is -0.480 e. The predicted octanol–water partition coefficient (Wildman–Crippen LogP) is 3.23. The molecular weight excluding hydrogens is 525 g/mol. The van der Waals surface area contributed by atoms with Crippen molar-refractivity contribution >= 4 is 49.2 Å². The Morgan fingerprint density at radius 2 is 1.53 bits per heavy atom. The Bertz CT molecular complexity index is 769. The van der Waals surface area contributed by atoms with Crippen LogP contribution < -0.4 is 10.6 Å². The third kappa shape index (κ3) is 9.54. The van der Waals surface area contributed by atoms with E-state index in [1.807, 2.05) is 35.2 Å². The standard InChI is InChI=1S/C25H39N5O3.3ClH/c31-24(32)19-30(18-20-4-2-1-3-5-20)22-8-6-21(7-9-22)27-25(33)29-16-14-28(15-17-29)23-10-12-26-13-11-23;;;/h1-5,21-23,26H,6-19H2,(H,27,33)(H,31,32);3*1H/t21-,22-;;;. The van der Waals surface area contributed by atoms with Crippen molar-refractivity contribution in [2.45, 2.75) is 63.2 Å². The Balaban J connectivity index is 0.00000216. The molecule has 3 aliphatic rings. The molecule has 1 aliphatic carbocycles. The van der Waals surface area contributed by atoms with Crippen LogP contribution in [0.2, 0.25) is 0 Å². The van der Waals surface area contributed by atoms with Gasteiger partial charge in [0.1, 0.15) is 0 Å². The first-order valence-electron chi connectivity index (χ1n) is 12.6. The van der Waals surface area contributed by atoms with Crippen LogP contribution in [0.3, 0.4) is 0 Å². The highest BCUT2D eigenvalue weighted by Crippen LogP contribution is 2.25. The van der Waals surface area contributed by atoms with Crippen LogP contribution in [-0.4, -0.2) is 95.7 Å². The Hall–Kier alpha value is -1.29. The summed E-state index contributed by atoms with van der Waals surface area (Å²) in [6.45, 7) is 6.44. The average molecular weight is 567 g/mol. The van der Waals surface area contributed by atoms with Crippen molar-refractivity contribution in [1.82, 2.24) is 25.3 Å². The molecule has 0 unspecified atom stereocenters. The van der Waals surface area contributed by atoms with Gasteiger partial charge in [0.15, 0.2) is 0 Å². The minimum absolute atomic E-state index is 0. The number of hydrogen-bond donors (Lipinski definition) is 3. The summed E-state index contributed by atoms with van der Waals surface area (Å²) in [6.07, 6.45) is 6.03. The molecule has 0 radical (unpaired) electrons. The molecule has 0 atom stereocenters. The van der Waals surface area contributed by atoms with E-state index in [-0.39, 0.29) is 61.9 Å². The van der Waals surface area contributed by atoms with E-state index < -0.39 is 5.97 Å². The third-order valence-electron chi connectivity index (χ3n) is 7.53. The maximum atomic E-state index is 12.8. The van der Waals surface area contributed by atoms with Crippen molar-refractivity contribution in [2.24, 2.45) is 0 Å². The zero-order valence-electron chi connectivity index (χ0n) is 20.8. The quantitative estimate of drug-likeness (QED) is 0.470. The van der Waals surface area contributed by atoms with E-state index in [1.54, 1.807) is 0 Å². The number of aliphatic carboxylic acids is 1. The highest BCUT2D eigenvalue weighted by atomic mass is 35.5. The monoisotopic (exact) mass is 565 g/mol. The van der Waals surface area contributed by atoms with E-state index in [0.717, 1.165) is 70.5 Å². The SMILES string of the molecule is Cl.Cl.Cl.O=C(O)CN(Cc1ccccc1)[C@H]1CC[C@H](NC(=O)N2CCN(C3CCNCC3)CC2)CC1. The molecule has 2 saturated heterocycles. The second-order valence-electron chi connectivity index (χ2n) is 9.74. The van der Waals surface area contributed by atoms with Crippen LogP contribution in [0.1, 0.15) is 44.1 Å². The van der Waals surface area contributed by atoms with Crippen molar-refractivity contribution in [3.05, 3.63) is 35.9 Å². The number of hydrogen-bond acceptors (Lipinski definition) is 5. The molecule has 2 heterocycles. The fourth-order valence-electron chi connectivity index (χ4n) is 5.62. The molecule has 0 aromatic heterocycles. The molecule has 1 aromatic rings. The molecule has 4 rings (SSSR count). The smallest absolute Gasteiger partial charge is 0.317 e. The molecule has 2 amide bonds. The number of nitrogens with one attached hydrogen (secondary N) is 2. The second-order valence-corrected chi connectivity index (χ2v) is 9.74. The van der Waals surface area contributed by atoms with Gasteiger partial charge in [-0.15, -0.1) is 37.2 Å².